The van der Waals surface area contributed by atoms with Crippen molar-refractivity contribution in [2.75, 3.05) is 0 Å². The number of alkyl halides is 6. The van der Waals surface area contributed by atoms with Gasteiger partial charge in [-0.05, 0) is 18.1 Å². The predicted molar refractivity (Wildman–Crippen MR) is 51.5 cm³/mol. The molecule has 1 atom stereocenters. The second-order valence-electron chi connectivity index (χ2n) is 3.88. The molecule has 102 valence electrons. The molecule has 0 aromatic carbocycles. The lowest BCUT2D eigenvalue weighted by Crippen LogP contribution is -2.44. The monoisotopic (exact) mass is 272 g/mol. The van der Waals surface area contributed by atoms with Gasteiger partial charge in [0, 0.05) is 12.4 Å². The van der Waals surface area contributed by atoms with Gasteiger partial charge in [-0.1, -0.05) is 6.07 Å². The van der Waals surface area contributed by atoms with Crippen molar-refractivity contribution in [3.8, 4) is 0 Å². The Balaban J connectivity index is 3.15. The van der Waals surface area contributed by atoms with Crippen LogP contribution >= 0.6 is 0 Å². The molecule has 2 nitrogen and oxygen atoms in total. The van der Waals surface area contributed by atoms with Crippen molar-refractivity contribution >= 4 is 0 Å². The number of rotatable bonds is 2. The molecule has 0 aliphatic heterocycles. The van der Waals surface area contributed by atoms with Gasteiger partial charge in [-0.25, -0.2) is 0 Å². The van der Waals surface area contributed by atoms with E-state index >= 15 is 0 Å². The van der Waals surface area contributed by atoms with E-state index in [1.165, 1.54) is 13.1 Å². The minimum atomic E-state index is -5.46. The fourth-order valence-corrected chi connectivity index (χ4v) is 1.55. The Morgan fingerprint density at radius 1 is 1.06 bits per heavy atom. The predicted octanol–water partition coefficient (Wildman–Crippen LogP) is 3.13. The highest BCUT2D eigenvalue weighted by atomic mass is 19.4. The van der Waals surface area contributed by atoms with Crippen LogP contribution in [0.1, 0.15) is 17.2 Å². The van der Waals surface area contributed by atoms with E-state index in [1.54, 1.807) is 0 Å². The first-order valence-corrected chi connectivity index (χ1v) is 4.84. The first-order valence-electron chi connectivity index (χ1n) is 4.84. The summed E-state index contributed by atoms with van der Waals surface area (Å²) < 4.78 is 74.6. The molecule has 2 N–H and O–H groups in total. The average Bonchev–Trinajstić information content (AvgIpc) is 2.12. The first kappa shape index (κ1) is 14.7. The van der Waals surface area contributed by atoms with Gasteiger partial charge in [-0.3, -0.25) is 4.98 Å². The van der Waals surface area contributed by atoms with Crippen LogP contribution < -0.4 is 5.73 Å². The molecule has 1 aromatic heterocycles. The average molecular weight is 272 g/mol. The smallest absolute Gasteiger partial charge is 0.323 e. The van der Waals surface area contributed by atoms with Crippen molar-refractivity contribution in [1.29, 1.82) is 0 Å². The Morgan fingerprint density at radius 2 is 1.56 bits per heavy atom. The number of halogens is 6. The molecule has 1 unspecified atom stereocenters. The van der Waals surface area contributed by atoms with Crippen LogP contribution in [0.25, 0.3) is 0 Å². The summed E-state index contributed by atoms with van der Waals surface area (Å²) in [5.74, 6) is -3.60. The van der Waals surface area contributed by atoms with E-state index in [0.29, 0.717) is 5.56 Å². The highest BCUT2D eigenvalue weighted by Gasteiger charge is 2.59. The highest BCUT2D eigenvalue weighted by Crippen LogP contribution is 2.45. The van der Waals surface area contributed by atoms with Gasteiger partial charge in [0.1, 0.15) is 0 Å². The van der Waals surface area contributed by atoms with Crippen LogP contribution in [-0.2, 0) is 0 Å². The zero-order valence-corrected chi connectivity index (χ0v) is 9.18. The summed E-state index contributed by atoms with van der Waals surface area (Å²) in [6.45, 7) is 1.50. The van der Waals surface area contributed by atoms with E-state index in [1.807, 2.05) is 0 Å². The van der Waals surface area contributed by atoms with Crippen LogP contribution in [0, 0.1) is 12.8 Å². The second kappa shape index (κ2) is 4.75. The van der Waals surface area contributed by atoms with Crippen LogP contribution in [0.5, 0.6) is 0 Å². The minimum Gasteiger partial charge on any atom is -0.323 e. The van der Waals surface area contributed by atoms with Crippen LogP contribution in [0.15, 0.2) is 18.5 Å². The van der Waals surface area contributed by atoms with Gasteiger partial charge in [-0.15, -0.1) is 0 Å². The largest absolute Gasteiger partial charge is 0.402 e. The number of nitrogens with two attached hydrogens (primary N) is 1. The lowest BCUT2D eigenvalue weighted by atomic mass is 9.93. The molecule has 0 spiro atoms. The molecule has 18 heavy (non-hydrogen) atoms. The van der Waals surface area contributed by atoms with E-state index < -0.39 is 24.3 Å². The van der Waals surface area contributed by atoms with Crippen LogP contribution in [0.4, 0.5) is 26.3 Å². The number of hydrogen-bond donors (Lipinski definition) is 1. The van der Waals surface area contributed by atoms with Gasteiger partial charge in [0.2, 0.25) is 0 Å². The van der Waals surface area contributed by atoms with Gasteiger partial charge < -0.3 is 5.73 Å². The number of hydrogen-bond acceptors (Lipinski definition) is 2. The maximum atomic E-state index is 12.4. The summed E-state index contributed by atoms with van der Waals surface area (Å²) in [6.07, 6.45) is -8.70. The Hall–Kier alpha value is -1.31. The summed E-state index contributed by atoms with van der Waals surface area (Å²) in [6, 6.07) is -1.07. The van der Waals surface area contributed by atoms with Gasteiger partial charge in [0.15, 0.2) is 5.92 Å². The maximum absolute atomic E-state index is 12.4. The highest BCUT2D eigenvalue weighted by molar-refractivity contribution is 5.21. The van der Waals surface area contributed by atoms with Crippen LogP contribution in [-0.4, -0.2) is 17.3 Å². The minimum absolute atomic E-state index is 0.297. The molecule has 0 aliphatic rings. The van der Waals surface area contributed by atoms with Crippen molar-refractivity contribution in [3.05, 3.63) is 29.6 Å². The van der Waals surface area contributed by atoms with Crippen molar-refractivity contribution in [3.63, 3.8) is 0 Å². The Bertz CT molecular complexity index is 398. The Morgan fingerprint density at radius 3 is 1.94 bits per heavy atom. The van der Waals surface area contributed by atoms with E-state index in [9.17, 15) is 26.3 Å². The van der Waals surface area contributed by atoms with Gasteiger partial charge >= 0.3 is 12.4 Å². The molecule has 0 radical (unpaired) electrons. The van der Waals surface area contributed by atoms with Gasteiger partial charge in [0.25, 0.3) is 0 Å². The SMILES string of the molecule is Cc1cncc(C(N)C(C(F)(F)F)C(F)(F)F)c1. The lowest BCUT2D eigenvalue weighted by Gasteiger charge is -2.28. The van der Waals surface area contributed by atoms with Crippen molar-refractivity contribution < 1.29 is 26.3 Å². The molecule has 8 heteroatoms. The first-order chi connectivity index (χ1) is 8.03. The normalized spacial score (nSPS) is 14.9. The van der Waals surface area contributed by atoms with E-state index in [0.717, 1.165) is 12.3 Å². The topological polar surface area (TPSA) is 38.9 Å². The zero-order chi connectivity index (χ0) is 14.1. The molecule has 1 aromatic rings. The van der Waals surface area contributed by atoms with E-state index in [-0.39, 0.29) is 5.56 Å². The van der Waals surface area contributed by atoms with Crippen molar-refractivity contribution in [2.45, 2.75) is 25.3 Å². The third kappa shape index (κ3) is 3.34. The third-order valence-corrected chi connectivity index (χ3v) is 2.35. The molecular formula is C10H10F6N2. The van der Waals surface area contributed by atoms with E-state index in [4.69, 9.17) is 5.73 Å². The molecule has 0 saturated heterocycles. The number of nitrogens with zero attached hydrogens (tertiary/aromatic N) is 1. The third-order valence-electron chi connectivity index (χ3n) is 2.35. The lowest BCUT2D eigenvalue weighted by molar-refractivity contribution is -0.290. The summed E-state index contributed by atoms with van der Waals surface area (Å²) in [5.41, 5.74) is 5.24. The Labute approximate surface area is 98.8 Å². The van der Waals surface area contributed by atoms with E-state index in [2.05, 4.69) is 4.98 Å². The molecule has 0 bridgehead atoms. The molecule has 0 fully saturated rings. The fraction of sp³-hybridized carbons (Fsp3) is 0.500. The molecule has 1 heterocycles. The number of pyridine rings is 1. The molecular weight excluding hydrogens is 262 g/mol. The summed E-state index contributed by atoms with van der Waals surface area (Å²) >= 11 is 0. The van der Waals surface area contributed by atoms with Crippen molar-refractivity contribution in [2.24, 2.45) is 11.7 Å². The standard InChI is InChI=1S/C10H10F6N2/c1-5-2-6(4-18-3-5)7(17)8(9(11,12)13)10(14,15)16/h2-4,7-8H,17H2,1H3. The molecule has 0 aliphatic carbocycles. The molecule has 1 rings (SSSR count). The van der Waals surface area contributed by atoms with Crippen LogP contribution in [0.2, 0.25) is 0 Å². The van der Waals surface area contributed by atoms with Gasteiger partial charge in [-0.2, -0.15) is 26.3 Å². The number of aromatic nitrogens is 1. The Kier molecular flexibility index (Phi) is 3.89. The zero-order valence-electron chi connectivity index (χ0n) is 9.18. The van der Waals surface area contributed by atoms with Crippen LogP contribution in [0.3, 0.4) is 0 Å². The molecule has 0 saturated carbocycles. The summed E-state index contributed by atoms with van der Waals surface area (Å²) in [7, 11) is 0. The summed E-state index contributed by atoms with van der Waals surface area (Å²) in [4.78, 5) is 3.54. The van der Waals surface area contributed by atoms with Crippen molar-refractivity contribution in [1.82, 2.24) is 4.98 Å². The number of aryl methyl sites for hydroxylation is 1. The quantitative estimate of drug-likeness (QED) is 0.840. The second-order valence-corrected chi connectivity index (χ2v) is 3.88. The van der Waals surface area contributed by atoms with Gasteiger partial charge in [0.05, 0.1) is 6.04 Å². The fourth-order valence-electron chi connectivity index (χ4n) is 1.55. The summed E-state index contributed by atoms with van der Waals surface area (Å²) in [5, 5.41) is 0. The maximum Gasteiger partial charge on any atom is 0.402 e. The molecule has 0 amide bonds.